The van der Waals surface area contributed by atoms with E-state index < -0.39 is 0 Å². The molecule has 0 nitrogen and oxygen atoms in total. The number of rotatable bonds is 3. The number of allylic oxidation sites excluding steroid dienone is 6. The zero-order valence-corrected chi connectivity index (χ0v) is 49.2. The minimum atomic E-state index is 0. The third-order valence-corrected chi connectivity index (χ3v) is 21.8. The Bertz CT molecular complexity index is 2520. The van der Waals surface area contributed by atoms with Crippen molar-refractivity contribution in [3.63, 3.8) is 0 Å². The Morgan fingerprint density at radius 2 is 1.22 bits per heavy atom. The van der Waals surface area contributed by atoms with E-state index in [0.29, 0.717) is 5.92 Å². The van der Waals surface area contributed by atoms with Crippen molar-refractivity contribution in [3.8, 4) is 0 Å². The van der Waals surface area contributed by atoms with E-state index in [9.17, 15) is 0 Å². The summed E-state index contributed by atoms with van der Waals surface area (Å²) >= 11 is 1.46. The van der Waals surface area contributed by atoms with Crippen molar-refractivity contribution >= 4 is 8.78 Å². The maximum absolute atomic E-state index is 2.62. The van der Waals surface area contributed by atoms with Crippen molar-refractivity contribution in [3.05, 3.63) is 170 Å². The Labute approximate surface area is 448 Å². The molecule has 4 bridgehead atoms. The second-order valence-electron chi connectivity index (χ2n) is 26.5. The number of aryl methyl sites for hydroxylation is 1. The third-order valence-electron chi connectivity index (χ3n) is 20.4. The first-order chi connectivity index (χ1) is 31.4. The van der Waals surface area contributed by atoms with Gasteiger partial charge in [-0.15, -0.1) is 6.92 Å². The van der Waals surface area contributed by atoms with Crippen LogP contribution in [0.4, 0.5) is 0 Å². The number of benzene rings is 3. The molecule has 8 aliphatic rings. The Kier molecular flexibility index (Phi) is 15.2. The standard InChI is InChI=1S/C29H37.C21H26.C16H21.2ClH.Zr/c1-18-25-22-17-19-13-9-10-14-20(19)24(22)21-15-11-12-16-23(21)29(25,8)28(6,7)27(4,5)26(18,2)3;1-20(2,3)18-11-7-16(8-12-18)15-17-9-13-19(14-10-17)21(4,5)6;1-10-2-3-13(4-10)16-14-6-11-5-12(8-14)9-15(16)7-11;;;/h9-11,13-15,23H,12,16-17H2,1-8H3;7-14H,1-6H3;2-4,11-12,14-16H,5-9H2,1H3;2*1H;/q-1;;-1;;;+2/p-2. The number of hydrogen-bond acceptors (Lipinski definition) is 0. The molecule has 4 aromatic carbocycles. The Morgan fingerprint density at radius 1 is 0.696 bits per heavy atom. The van der Waals surface area contributed by atoms with E-state index in [1.807, 2.05) is 0 Å². The van der Waals surface area contributed by atoms with Crippen LogP contribution in [0.5, 0.6) is 0 Å². The van der Waals surface area contributed by atoms with Crippen molar-refractivity contribution in [1.29, 1.82) is 0 Å². The quantitative estimate of drug-likeness (QED) is 0.179. The van der Waals surface area contributed by atoms with Gasteiger partial charge in [-0.25, -0.2) is 12.0 Å². The molecule has 0 aliphatic heterocycles. The van der Waals surface area contributed by atoms with Gasteiger partial charge in [0.1, 0.15) is 0 Å². The molecule has 368 valence electrons. The first-order valence-electron chi connectivity index (χ1n) is 26.5. The van der Waals surface area contributed by atoms with Gasteiger partial charge in [-0.05, 0) is 96.3 Å². The number of hydrogen-bond donors (Lipinski definition) is 0. The molecule has 12 rings (SSSR count). The van der Waals surface area contributed by atoms with Gasteiger partial charge in [0.05, 0.1) is 0 Å². The largest absolute Gasteiger partial charge is 1.00 e. The maximum atomic E-state index is 2.62. The van der Waals surface area contributed by atoms with Crippen LogP contribution in [0.1, 0.15) is 192 Å². The van der Waals surface area contributed by atoms with Crippen molar-refractivity contribution in [2.75, 3.05) is 0 Å². The summed E-state index contributed by atoms with van der Waals surface area (Å²) in [6.07, 6.45) is 16.2. The molecule has 0 amide bonds. The van der Waals surface area contributed by atoms with Crippen molar-refractivity contribution in [2.45, 2.75) is 172 Å². The smallest absolute Gasteiger partial charge is 0.00969 e. The first kappa shape index (κ1) is 54.2. The molecule has 0 radical (unpaired) electrons. The predicted molar refractivity (Wildman–Crippen MR) is 284 cm³/mol. The van der Waals surface area contributed by atoms with Crippen LogP contribution < -0.4 is 24.8 Å². The molecule has 5 fully saturated rings. The van der Waals surface area contributed by atoms with E-state index in [4.69, 9.17) is 0 Å². The summed E-state index contributed by atoms with van der Waals surface area (Å²) in [4.78, 5) is 0. The molecule has 8 aliphatic carbocycles. The second kappa shape index (κ2) is 19.4. The Morgan fingerprint density at radius 3 is 1.71 bits per heavy atom. The molecule has 0 heterocycles. The molecule has 0 spiro atoms. The summed E-state index contributed by atoms with van der Waals surface area (Å²) in [6, 6.07) is 34.5. The second-order valence-corrected chi connectivity index (χ2v) is 27.7. The molecule has 69 heavy (non-hydrogen) atoms. The van der Waals surface area contributed by atoms with Crippen LogP contribution >= 0.6 is 0 Å². The van der Waals surface area contributed by atoms with Gasteiger partial charge >= 0.3 is 151 Å². The van der Waals surface area contributed by atoms with Crippen molar-refractivity contribution in [1.82, 2.24) is 0 Å². The number of halogens is 2. The van der Waals surface area contributed by atoms with Gasteiger partial charge in [0.15, 0.2) is 0 Å². The molecular weight excluding hydrogens is 955 g/mol. The van der Waals surface area contributed by atoms with Crippen LogP contribution in [0.3, 0.4) is 0 Å². The fraction of sp³-hybridized carbons (Fsp3) is 0.530. The normalized spacial score (nSPS) is 28.4. The molecule has 3 heteroatoms. The Balaban J connectivity index is 0.000000157. The van der Waals surface area contributed by atoms with Crippen molar-refractivity contribution in [2.24, 2.45) is 51.2 Å². The fourth-order valence-corrected chi connectivity index (χ4v) is 16.1. The van der Waals surface area contributed by atoms with E-state index >= 15 is 0 Å². The van der Waals surface area contributed by atoms with Crippen LogP contribution in [0.2, 0.25) is 0 Å². The third kappa shape index (κ3) is 9.17. The molecule has 2 atom stereocenters. The number of fused-ring (bicyclic) bond motifs is 6. The zero-order valence-electron chi connectivity index (χ0n) is 45.2. The average Bonchev–Trinajstić information content (AvgIpc) is 3.88. The maximum Gasteiger partial charge on any atom is -0.00969 e. The Hall–Kier alpha value is -2.57. The van der Waals surface area contributed by atoms with Crippen LogP contribution in [0.25, 0.3) is 5.57 Å². The van der Waals surface area contributed by atoms with Crippen LogP contribution in [-0.4, -0.2) is 3.21 Å². The summed E-state index contributed by atoms with van der Waals surface area (Å²) in [6.45, 7) is 36.1. The van der Waals surface area contributed by atoms with Gasteiger partial charge in [0.25, 0.3) is 0 Å². The van der Waals surface area contributed by atoms with Gasteiger partial charge in [-0.2, -0.15) is 34.4 Å². The minimum absolute atomic E-state index is 0. The molecule has 5 saturated carbocycles. The summed E-state index contributed by atoms with van der Waals surface area (Å²) in [5.74, 6) is 7.47. The van der Waals surface area contributed by atoms with Gasteiger partial charge in [0, 0.05) is 0 Å². The zero-order chi connectivity index (χ0) is 48.2. The SMILES string of the molecule is CC(C)(C)c1ccc([C](=[Zr+2])c2ccc(C(C)(C)C)cc2)cc1.C[C-]1C2=C3Cc4ccccc4C3=C3C=CCCC3C2(C)C(C)(C)C(C)(C)C1(C)C.Cc1cc(C2C3CC4CC(C3)CC2C4)c[cH-]1.[Cl-].[Cl-]. The summed E-state index contributed by atoms with van der Waals surface area (Å²) in [7, 11) is 0. The van der Waals surface area contributed by atoms with Gasteiger partial charge < -0.3 is 24.8 Å². The molecule has 0 aromatic heterocycles. The molecular formula is C66H84Cl2Zr-2. The van der Waals surface area contributed by atoms with E-state index in [-0.39, 0.29) is 57.3 Å². The van der Waals surface area contributed by atoms with Crippen LogP contribution in [0, 0.1) is 64.1 Å². The average molecular weight is 1040 g/mol. The first-order valence-corrected chi connectivity index (χ1v) is 27.7. The molecule has 0 saturated heterocycles. The monoisotopic (exact) mass is 1040 g/mol. The van der Waals surface area contributed by atoms with Gasteiger partial charge in [-0.1, -0.05) is 126 Å². The van der Waals surface area contributed by atoms with E-state index in [1.165, 1.54) is 79.2 Å². The summed E-state index contributed by atoms with van der Waals surface area (Å²) in [5, 5.41) is 0. The van der Waals surface area contributed by atoms with Gasteiger partial charge in [-0.3, -0.25) is 0 Å². The van der Waals surface area contributed by atoms with E-state index in [2.05, 4.69) is 207 Å². The van der Waals surface area contributed by atoms with Crippen LogP contribution in [0.15, 0.2) is 120 Å². The predicted octanol–water partition coefficient (Wildman–Crippen LogP) is 11.6. The fourth-order valence-electron chi connectivity index (χ4n) is 15.3. The van der Waals surface area contributed by atoms with E-state index in [1.54, 1.807) is 65.9 Å². The summed E-state index contributed by atoms with van der Waals surface area (Å²) in [5.41, 5.74) is 19.3. The van der Waals surface area contributed by atoms with Crippen LogP contribution in [-0.2, 0) is 41.5 Å². The van der Waals surface area contributed by atoms with E-state index in [0.717, 1.165) is 36.0 Å². The van der Waals surface area contributed by atoms with Crippen molar-refractivity contribution < 1.29 is 49.0 Å². The minimum Gasteiger partial charge on any atom is -1.00 e. The summed E-state index contributed by atoms with van der Waals surface area (Å²) < 4.78 is 1.42. The molecule has 0 N–H and O–H groups in total. The molecule has 2 unspecified atom stereocenters. The van der Waals surface area contributed by atoms with Gasteiger partial charge in [0.2, 0.25) is 0 Å². The topological polar surface area (TPSA) is 0 Å². The molecule has 4 aromatic rings.